The molecule has 1 heterocycles. The van der Waals surface area contributed by atoms with Gasteiger partial charge in [0.05, 0.1) is 26.9 Å². The molecular formula is C26H27IN2O3S2. The van der Waals surface area contributed by atoms with Crippen molar-refractivity contribution in [1.29, 1.82) is 0 Å². The van der Waals surface area contributed by atoms with Crippen molar-refractivity contribution >= 4 is 69.0 Å². The van der Waals surface area contributed by atoms with Crippen molar-refractivity contribution < 1.29 is 14.3 Å². The Morgan fingerprint density at radius 3 is 2.71 bits per heavy atom. The van der Waals surface area contributed by atoms with E-state index in [2.05, 4.69) is 64.3 Å². The molecule has 1 aliphatic heterocycles. The van der Waals surface area contributed by atoms with E-state index in [0.29, 0.717) is 31.1 Å². The van der Waals surface area contributed by atoms with Crippen LogP contribution < -0.4 is 14.9 Å². The molecule has 0 atom stereocenters. The number of nitrogens with one attached hydrogen (secondary N) is 1. The number of amides is 1. The van der Waals surface area contributed by atoms with Crippen LogP contribution in [0.15, 0.2) is 59.7 Å². The normalized spacial score (nSPS) is 15.0. The first-order chi connectivity index (χ1) is 16.5. The second-order valence-electron chi connectivity index (χ2n) is 7.99. The van der Waals surface area contributed by atoms with E-state index in [1.807, 2.05) is 60.8 Å². The fourth-order valence-electron chi connectivity index (χ4n) is 3.80. The standard InChI is InChI=1S/C26H27IN2O3S2/c1-3-31-23-14-18(16-28-29-24(30)15-26(2)33-11-12-34-26)13-22(27)25(23)32-17-20-9-6-8-19-7-4-5-10-21(19)20/h4-10,13-14,16H,3,11-12,15,17H2,1-2H3,(H,29,30)/b28-16-. The second-order valence-corrected chi connectivity index (χ2v) is 12.6. The Balaban J connectivity index is 1.45. The van der Waals surface area contributed by atoms with E-state index in [-0.39, 0.29) is 9.99 Å². The summed E-state index contributed by atoms with van der Waals surface area (Å²) in [6.07, 6.45) is 2.09. The van der Waals surface area contributed by atoms with Gasteiger partial charge in [0.15, 0.2) is 11.5 Å². The number of halogens is 1. The number of hydrazone groups is 1. The van der Waals surface area contributed by atoms with Gasteiger partial charge in [-0.2, -0.15) is 5.10 Å². The van der Waals surface area contributed by atoms with E-state index in [0.717, 1.165) is 26.2 Å². The van der Waals surface area contributed by atoms with Crippen molar-refractivity contribution in [3.05, 3.63) is 69.3 Å². The maximum Gasteiger partial charge on any atom is 0.242 e. The summed E-state index contributed by atoms with van der Waals surface area (Å²) in [6, 6.07) is 18.4. The largest absolute Gasteiger partial charge is 0.490 e. The van der Waals surface area contributed by atoms with Crippen LogP contribution in [0.3, 0.4) is 0 Å². The molecule has 0 aliphatic carbocycles. The Kier molecular flexibility index (Phi) is 8.65. The van der Waals surface area contributed by atoms with Crippen LogP contribution in [0.1, 0.15) is 31.4 Å². The zero-order chi connectivity index (χ0) is 24.0. The number of thioether (sulfide) groups is 2. The molecule has 3 aromatic rings. The molecule has 0 unspecified atom stereocenters. The summed E-state index contributed by atoms with van der Waals surface area (Å²) in [4.78, 5) is 12.3. The summed E-state index contributed by atoms with van der Waals surface area (Å²) in [7, 11) is 0. The number of hydrogen-bond donors (Lipinski definition) is 1. The van der Waals surface area contributed by atoms with Crippen LogP contribution in [0.2, 0.25) is 0 Å². The number of carbonyl (C=O) groups excluding carboxylic acids is 1. The molecule has 1 N–H and O–H groups in total. The first kappa shape index (κ1) is 25.2. The van der Waals surface area contributed by atoms with Gasteiger partial charge >= 0.3 is 0 Å². The first-order valence-electron chi connectivity index (χ1n) is 11.1. The third kappa shape index (κ3) is 6.40. The van der Waals surface area contributed by atoms with Crippen molar-refractivity contribution in [3.8, 4) is 11.5 Å². The quantitative estimate of drug-likeness (QED) is 0.172. The molecule has 34 heavy (non-hydrogen) atoms. The van der Waals surface area contributed by atoms with Crippen LogP contribution in [0.25, 0.3) is 10.8 Å². The van der Waals surface area contributed by atoms with Gasteiger partial charge in [0.2, 0.25) is 5.91 Å². The summed E-state index contributed by atoms with van der Waals surface area (Å²) >= 11 is 5.92. The van der Waals surface area contributed by atoms with Gasteiger partial charge < -0.3 is 9.47 Å². The SMILES string of the molecule is CCOc1cc(/C=N\NC(=O)CC2(C)SCCS2)cc(I)c1OCc1cccc2ccccc12. The van der Waals surface area contributed by atoms with Crippen LogP contribution >= 0.6 is 46.1 Å². The highest BCUT2D eigenvalue weighted by molar-refractivity contribution is 14.1. The zero-order valence-electron chi connectivity index (χ0n) is 19.2. The average molecular weight is 607 g/mol. The van der Waals surface area contributed by atoms with E-state index in [9.17, 15) is 4.79 Å². The molecule has 4 rings (SSSR count). The van der Waals surface area contributed by atoms with E-state index < -0.39 is 0 Å². The Labute approximate surface area is 222 Å². The minimum absolute atomic E-state index is 0.0554. The molecule has 3 aromatic carbocycles. The number of fused-ring (bicyclic) bond motifs is 1. The summed E-state index contributed by atoms with van der Waals surface area (Å²) in [5, 5.41) is 6.54. The number of carbonyl (C=O) groups is 1. The summed E-state index contributed by atoms with van der Waals surface area (Å²) < 4.78 is 13.0. The zero-order valence-corrected chi connectivity index (χ0v) is 23.0. The van der Waals surface area contributed by atoms with Crippen LogP contribution in [-0.2, 0) is 11.4 Å². The lowest BCUT2D eigenvalue weighted by molar-refractivity contribution is -0.121. The Morgan fingerprint density at radius 1 is 1.15 bits per heavy atom. The number of nitrogens with zero attached hydrogens (tertiary/aromatic N) is 1. The lowest BCUT2D eigenvalue weighted by atomic mass is 10.1. The van der Waals surface area contributed by atoms with Crippen LogP contribution in [0.4, 0.5) is 0 Å². The molecule has 5 nitrogen and oxygen atoms in total. The predicted molar refractivity (Wildman–Crippen MR) is 152 cm³/mol. The molecule has 1 aliphatic rings. The smallest absolute Gasteiger partial charge is 0.242 e. The van der Waals surface area contributed by atoms with Crippen LogP contribution in [0, 0.1) is 3.57 Å². The molecule has 8 heteroatoms. The van der Waals surface area contributed by atoms with E-state index >= 15 is 0 Å². The van der Waals surface area contributed by atoms with Gasteiger partial charge in [-0.15, -0.1) is 23.5 Å². The number of ether oxygens (including phenoxy) is 2. The third-order valence-corrected chi connectivity index (χ3v) is 9.46. The molecule has 0 spiro atoms. The number of benzene rings is 3. The maximum absolute atomic E-state index is 12.3. The summed E-state index contributed by atoms with van der Waals surface area (Å²) in [5.74, 6) is 3.47. The Morgan fingerprint density at radius 2 is 1.91 bits per heavy atom. The Bertz CT molecular complexity index is 1190. The highest BCUT2D eigenvalue weighted by Gasteiger charge is 2.32. The summed E-state index contributed by atoms with van der Waals surface area (Å²) in [5.41, 5.74) is 4.62. The molecule has 1 fully saturated rings. The molecule has 0 aromatic heterocycles. The van der Waals surface area contributed by atoms with E-state index in [1.54, 1.807) is 6.21 Å². The molecule has 0 saturated carbocycles. The van der Waals surface area contributed by atoms with Crippen LogP contribution in [-0.4, -0.2) is 34.3 Å². The molecule has 1 saturated heterocycles. The Hall–Kier alpha value is -1.91. The average Bonchev–Trinajstić information content (AvgIpc) is 3.24. The van der Waals surface area contributed by atoms with Gasteiger partial charge in [-0.1, -0.05) is 42.5 Å². The van der Waals surface area contributed by atoms with Crippen molar-refractivity contribution in [2.24, 2.45) is 5.10 Å². The van der Waals surface area contributed by atoms with Gasteiger partial charge in [0.1, 0.15) is 6.61 Å². The molecule has 178 valence electrons. The van der Waals surface area contributed by atoms with E-state index in [1.165, 1.54) is 10.8 Å². The van der Waals surface area contributed by atoms with Crippen molar-refractivity contribution in [1.82, 2.24) is 5.43 Å². The monoisotopic (exact) mass is 606 g/mol. The lowest BCUT2D eigenvalue weighted by Crippen LogP contribution is -2.26. The lowest BCUT2D eigenvalue weighted by Gasteiger charge is -2.19. The van der Waals surface area contributed by atoms with Gasteiger partial charge in [-0.05, 0) is 70.5 Å². The summed E-state index contributed by atoms with van der Waals surface area (Å²) in [6.45, 7) is 5.02. The first-order valence-corrected chi connectivity index (χ1v) is 14.2. The minimum Gasteiger partial charge on any atom is -0.490 e. The van der Waals surface area contributed by atoms with Gasteiger partial charge in [-0.25, -0.2) is 5.43 Å². The van der Waals surface area contributed by atoms with Crippen molar-refractivity contribution in [2.75, 3.05) is 18.1 Å². The number of rotatable bonds is 9. The molecule has 0 bridgehead atoms. The minimum atomic E-state index is -0.0737. The number of hydrogen-bond acceptors (Lipinski definition) is 6. The van der Waals surface area contributed by atoms with Crippen molar-refractivity contribution in [2.45, 2.75) is 31.0 Å². The van der Waals surface area contributed by atoms with E-state index in [4.69, 9.17) is 9.47 Å². The predicted octanol–water partition coefficient (Wildman–Crippen LogP) is 6.46. The topological polar surface area (TPSA) is 59.9 Å². The fourth-order valence-corrected chi connectivity index (χ4v) is 7.41. The third-order valence-electron chi connectivity index (χ3n) is 5.37. The highest BCUT2D eigenvalue weighted by Crippen LogP contribution is 2.45. The van der Waals surface area contributed by atoms with Gasteiger partial charge in [0.25, 0.3) is 0 Å². The van der Waals surface area contributed by atoms with Gasteiger partial charge in [-0.3, -0.25) is 4.79 Å². The molecule has 0 radical (unpaired) electrons. The van der Waals surface area contributed by atoms with Crippen molar-refractivity contribution in [3.63, 3.8) is 0 Å². The highest BCUT2D eigenvalue weighted by atomic mass is 127. The maximum atomic E-state index is 12.3. The van der Waals surface area contributed by atoms with Crippen LogP contribution in [0.5, 0.6) is 11.5 Å². The fraction of sp³-hybridized carbons (Fsp3) is 0.308. The second kappa shape index (κ2) is 11.7. The molecule has 1 amide bonds. The molecular weight excluding hydrogens is 579 g/mol. The van der Waals surface area contributed by atoms with Gasteiger partial charge in [0, 0.05) is 11.5 Å².